The quantitative estimate of drug-likeness (QED) is 0.784. The molecule has 3 nitrogen and oxygen atoms in total. The fourth-order valence-electron chi connectivity index (χ4n) is 1.68. The van der Waals surface area contributed by atoms with Crippen LogP contribution in [0.15, 0.2) is 28.1 Å². The average Bonchev–Trinajstić information content (AvgIpc) is 3.00. The molecule has 3 aromatic rings. The van der Waals surface area contributed by atoms with Gasteiger partial charge >= 0.3 is 0 Å². The van der Waals surface area contributed by atoms with Gasteiger partial charge in [-0.1, -0.05) is 0 Å². The topological polar surface area (TPSA) is 52.0 Å². The summed E-state index contributed by atoms with van der Waals surface area (Å²) in [7, 11) is 0. The first-order valence-electron chi connectivity index (χ1n) is 5.49. The number of aromatic nitrogens is 1. The monoisotopic (exact) mass is 264 g/mol. The number of nitrogens with two attached hydrogens (primary N) is 1. The van der Waals surface area contributed by atoms with Crippen LogP contribution in [0.25, 0.3) is 20.0 Å². The highest BCUT2D eigenvalue weighted by atomic mass is 32.1. The number of hydrogen-bond acceptors (Lipinski definition) is 5. The molecule has 0 unspecified atom stereocenters. The Kier molecular flexibility index (Phi) is 2.96. The molecule has 0 fully saturated rings. The lowest BCUT2D eigenvalue weighted by Crippen LogP contribution is -2.00. The van der Waals surface area contributed by atoms with Gasteiger partial charge in [-0.2, -0.15) is 0 Å². The third-order valence-electron chi connectivity index (χ3n) is 2.53. The Morgan fingerprint density at radius 2 is 2.29 bits per heavy atom. The van der Waals surface area contributed by atoms with Gasteiger partial charge in [0, 0.05) is 15.8 Å². The molecular weight excluding hydrogens is 252 g/mol. The van der Waals surface area contributed by atoms with Gasteiger partial charge in [-0.05, 0) is 30.5 Å². The van der Waals surface area contributed by atoms with E-state index in [1.807, 2.05) is 0 Å². The average molecular weight is 264 g/mol. The maximum absolute atomic E-state index is 5.72. The Morgan fingerprint density at radius 1 is 1.35 bits per heavy atom. The molecule has 0 atom stereocenters. The maximum Gasteiger partial charge on any atom is 0.194 e. The Hall–Kier alpha value is -1.17. The molecule has 0 amide bonds. The minimum atomic E-state index is 0.673. The van der Waals surface area contributed by atoms with E-state index in [4.69, 9.17) is 10.2 Å². The normalized spacial score (nSPS) is 11.4. The van der Waals surface area contributed by atoms with E-state index in [1.54, 1.807) is 28.9 Å². The van der Waals surface area contributed by atoms with Crippen LogP contribution in [-0.4, -0.2) is 11.5 Å². The molecule has 0 bridgehead atoms. The van der Waals surface area contributed by atoms with E-state index in [-0.39, 0.29) is 0 Å². The van der Waals surface area contributed by atoms with Gasteiger partial charge in [0.25, 0.3) is 0 Å². The molecule has 0 radical (unpaired) electrons. The van der Waals surface area contributed by atoms with Crippen LogP contribution in [-0.2, 0) is 6.42 Å². The highest BCUT2D eigenvalue weighted by Gasteiger charge is 2.10. The summed E-state index contributed by atoms with van der Waals surface area (Å²) in [5, 5.41) is 2.11. The molecule has 0 spiro atoms. The SMILES string of the molecule is NCCCc1ncc(-c2cc3sccc3s2)o1. The fraction of sp³-hybridized carbons (Fsp3) is 0.250. The second-order valence-electron chi connectivity index (χ2n) is 3.77. The molecule has 5 heteroatoms. The van der Waals surface area contributed by atoms with Crippen molar-refractivity contribution in [3.63, 3.8) is 0 Å². The van der Waals surface area contributed by atoms with Crippen molar-refractivity contribution >= 4 is 32.1 Å². The molecule has 0 saturated carbocycles. The van der Waals surface area contributed by atoms with Crippen LogP contribution in [0.4, 0.5) is 0 Å². The van der Waals surface area contributed by atoms with Gasteiger partial charge in [0.15, 0.2) is 11.7 Å². The van der Waals surface area contributed by atoms with Crippen molar-refractivity contribution in [1.82, 2.24) is 4.98 Å². The summed E-state index contributed by atoms with van der Waals surface area (Å²) in [4.78, 5) is 5.42. The van der Waals surface area contributed by atoms with E-state index >= 15 is 0 Å². The molecule has 0 saturated heterocycles. The van der Waals surface area contributed by atoms with Crippen molar-refractivity contribution in [1.29, 1.82) is 0 Å². The number of nitrogens with zero attached hydrogens (tertiary/aromatic N) is 1. The summed E-state index contributed by atoms with van der Waals surface area (Å²) in [5.74, 6) is 1.65. The zero-order chi connectivity index (χ0) is 11.7. The molecule has 17 heavy (non-hydrogen) atoms. The van der Waals surface area contributed by atoms with Crippen molar-refractivity contribution in [3.05, 3.63) is 29.6 Å². The predicted molar refractivity (Wildman–Crippen MR) is 72.6 cm³/mol. The van der Waals surface area contributed by atoms with E-state index in [0.29, 0.717) is 6.54 Å². The van der Waals surface area contributed by atoms with Gasteiger partial charge in [0.2, 0.25) is 0 Å². The maximum atomic E-state index is 5.72. The first-order chi connectivity index (χ1) is 8.36. The molecular formula is C12H12N2OS2. The van der Waals surface area contributed by atoms with Gasteiger partial charge in [0.05, 0.1) is 11.1 Å². The van der Waals surface area contributed by atoms with E-state index in [1.165, 1.54) is 9.40 Å². The summed E-state index contributed by atoms with van der Waals surface area (Å²) in [6.45, 7) is 0.673. The summed E-state index contributed by atoms with van der Waals surface area (Å²) in [6.07, 6.45) is 3.54. The van der Waals surface area contributed by atoms with Crippen molar-refractivity contribution in [2.75, 3.05) is 6.54 Å². The van der Waals surface area contributed by atoms with Gasteiger partial charge < -0.3 is 10.2 Å². The number of oxazole rings is 1. The minimum absolute atomic E-state index is 0.673. The lowest BCUT2D eigenvalue weighted by molar-refractivity contribution is 0.500. The highest BCUT2D eigenvalue weighted by Crippen LogP contribution is 2.36. The Bertz CT molecular complexity index is 595. The number of hydrogen-bond donors (Lipinski definition) is 1. The molecule has 0 aliphatic heterocycles. The second-order valence-corrected chi connectivity index (χ2v) is 5.80. The molecule has 0 aliphatic rings. The lowest BCUT2D eigenvalue weighted by atomic mass is 10.3. The van der Waals surface area contributed by atoms with Crippen LogP contribution in [0.2, 0.25) is 0 Å². The zero-order valence-electron chi connectivity index (χ0n) is 9.18. The van der Waals surface area contributed by atoms with Gasteiger partial charge in [-0.15, -0.1) is 22.7 Å². The van der Waals surface area contributed by atoms with E-state index in [2.05, 4.69) is 22.5 Å². The van der Waals surface area contributed by atoms with Crippen molar-refractivity contribution < 1.29 is 4.42 Å². The smallest absolute Gasteiger partial charge is 0.194 e. The Balaban J connectivity index is 1.88. The lowest BCUT2D eigenvalue weighted by Gasteiger charge is -1.91. The largest absolute Gasteiger partial charge is 0.440 e. The molecule has 0 aromatic carbocycles. The number of fused-ring (bicyclic) bond motifs is 1. The molecule has 3 rings (SSSR count). The van der Waals surface area contributed by atoms with Crippen LogP contribution in [0.1, 0.15) is 12.3 Å². The fourth-order valence-corrected chi connectivity index (χ4v) is 3.74. The third kappa shape index (κ3) is 2.13. The Morgan fingerprint density at radius 3 is 3.12 bits per heavy atom. The van der Waals surface area contributed by atoms with Gasteiger partial charge in [-0.25, -0.2) is 4.98 Å². The van der Waals surface area contributed by atoms with Crippen molar-refractivity contribution in [2.24, 2.45) is 5.73 Å². The van der Waals surface area contributed by atoms with Crippen LogP contribution >= 0.6 is 22.7 Å². The summed E-state index contributed by atoms with van der Waals surface area (Å²) < 4.78 is 8.34. The first-order valence-corrected chi connectivity index (χ1v) is 7.18. The second kappa shape index (κ2) is 4.60. The van der Waals surface area contributed by atoms with E-state index in [9.17, 15) is 0 Å². The summed E-state index contributed by atoms with van der Waals surface area (Å²) in [6, 6.07) is 4.30. The van der Waals surface area contributed by atoms with Gasteiger partial charge in [-0.3, -0.25) is 0 Å². The Labute approximate surface area is 107 Å². The molecule has 88 valence electrons. The minimum Gasteiger partial charge on any atom is -0.440 e. The highest BCUT2D eigenvalue weighted by molar-refractivity contribution is 7.28. The van der Waals surface area contributed by atoms with Crippen LogP contribution in [0, 0.1) is 0 Å². The van der Waals surface area contributed by atoms with Crippen LogP contribution < -0.4 is 5.73 Å². The van der Waals surface area contributed by atoms with E-state index < -0.39 is 0 Å². The van der Waals surface area contributed by atoms with Crippen LogP contribution in [0.5, 0.6) is 0 Å². The zero-order valence-corrected chi connectivity index (χ0v) is 10.8. The first kappa shape index (κ1) is 11.0. The predicted octanol–water partition coefficient (Wildman–Crippen LogP) is 3.51. The summed E-state index contributed by atoms with van der Waals surface area (Å²) >= 11 is 3.50. The molecule has 0 aliphatic carbocycles. The van der Waals surface area contributed by atoms with Crippen molar-refractivity contribution in [2.45, 2.75) is 12.8 Å². The van der Waals surface area contributed by atoms with Crippen LogP contribution in [0.3, 0.4) is 0 Å². The van der Waals surface area contributed by atoms with E-state index in [0.717, 1.165) is 29.4 Å². The molecule has 3 heterocycles. The van der Waals surface area contributed by atoms with Gasteiger partial charge in [0.1, 0.15) is 0 Å². The van der Waals surface area contributed by atoms with Crippen molar-refractivity contribution in [3.8, 4) is 10.6 Å². The molecule has 3 aromatic heterocycles. The molecule has 2 N–H and O–H groups in total. The summed E-state index contributed by atoms with van der Waals surface area (Å²) in [5.41, 5.74) is 5.47. The standard InChI is InChI=1S/C12H12N2OS2/c13-4-1-2-12-14-7-8(15-12)10-6-11-9(17-10)3-5-16-11/h3,5-7H,1-2,4,13H2. The number of rotatable bonds is 4. The number of aryl methyl sites for hydroxylation is 1. The third-order valence-corrected chi connectivity index (χ3v) is 4.64. The number of thiophene rings is 2.